The third-order valence-corrected chi connectivity index (χ3v) is 2.95. The molecule has 0 saturated heterocycles. The summed E-state index contributed by atoms with van der Waals surface area (Å²) >= 11 is 0. The van der Waals surface area contributed by atoms with Crippen molar-refractivity contribution in [2.24, 2.45) is 0 Å². The Balaban J connectivity index is 2.20. The smallest absolute Gasteiger partial charge is 0.169 e. The topological polar surface area (TPSA) is 12.5 Å². The van der Waals surface area contributed by atoms with Crippen molar-refractivity contribution in [1.29, 1.82) is 0 Å². The highest BCUT2D eigenvalue weighted by molar-refractivity contribution is 5.68. The van der Waals surface area contributed by atoms with Crippen LogP contribution in [-0.2, 0) is 6.42 Å². The monoisotopic (exact) mass is 175 g/mol. The fraction of sp³-hybridized carbons (Fsp3) is 0.455. The third kappa shape index (κ3) is 0.886. The summed E-state index contributed by atoms with van der Waals surface area (Å²) < 4.78 is 5.76. The Hall–Kier alpha value is -1.18. The lowest BCUT2D eigenvalue weighted by atomic mass is 10.0. The van der Waals surface area contributed by atoms with E-state index in [4.69, 9.17) is 4.74 Å². The van der Waals surface area contributed by atoms with Crippen molar-refractivity contribution < 1.29 is 4.74 Å². The molecule has 1 atom stereocenters. The van der Waals surface area contributed by atoms with Crippen LogP contribution in [0.2, 0.25) is 0 Å². The summed E-state index contributed by atoms with van der Waals surface area (Å²) in [6, 6.07) is 6.38. The molecular weight excluding hydrogens is 162 g/mol. The first-order chi connectivity index (χ1) is 6.36. The van der Waals surface area contributed by atoms with Crippen molar-refractivity contribution in [2.45, 2.75) is 26.0 Å². The summed E-state index contributed by atoms with van der Waals surface area (Å²) in [5, 5.41) is 0. The van der Waals surface area contributed by atoms with Crippen LogP contribution in [0.4, 0.5) is 5.69 Å². The van der Waals surface area contributed by atoms with Gasteiger partial charge in [0.15, 0.2) is 6.23 Å². The first kappa shape index (κ1) is 7.25. The lowest BCUT2D eigenvalue weighted by Gasteiger charge is -2.27. The van der Waals surface area contributed by atoms with Gasteiger partial charge < -0.3 is 9.64 Å². The molecule has 0 amide bonds. The van der Waals surface area contributed by atoms with Crippen LogP contribution >= 0.6 is 0 Å². The maximum Gasteiger partial charge on any atom is 0.169 e. The minimum atomic E-state index is 0.233. The van der Waals surface area contributed by atoms with Crippen molar-refractivity contribution in [2.75, 3.05) is 11.4 Å². The van der Waals surface area contributed by atoms with Crippen molar-refractivity contribution in [3.8, 4) is 5.75 Å². The molecule has 2 aliphatic rings. The summed E-state index contributed by atoms with van der Waals surface area (Å²) in [5.74, 6) is 1.07. The number of benzene rings is 1. The average molecular weight is 175 g/mol. The number of para-hydroxylation sites is 1. The first-order valence-electron chi connectivity index (χ1n) is 4.91. The summed E-state index contributed by atoms with van der Waals surface area (Å²) in [4.78, 5) is 2.37. The Morgan fingerprint density at radius 2 is 2.38 bits per heavy atom. The van der Waals surface area contributed by atoms with Crippen LogP contribution in [-0.4, -0.2) is 12.8 Å². The van der Waals surface area contributed by atoms with Crippen LogP contribution < -0.4 is 9.64 Å². The maximum absolute atomic E-state index is 5.76. The minimum absolute atomic E-state index is 0.233. The van der Waals surface area contributed by atoms with Gasteiger partial charge in [0.25, 0.3) is 0 Å². The van der Waals surface area contributed by atoms with Gasteiger partial charge in [-0.1, -0.05) is 12.1 Å². The van der Waals surface area contributed by atoms with Crippen molar-refractivity contribution in [3.05, 3.63) is 23.8 Å². The summed E-state index contributed by atoms with van der Waals surface area (Å²) in [6.45, 7) is 3.26. The van der Waals surface area contributed by atoms with Gasteiger partial charge in [0, 0.05) is 6.54 Å². The lowest BCUT2D eigenvalue weighted by Crippen LogP contribution is -2.35. The molecule has 1 aromatic carbocycles. The highest BCUT2D eigenvalue weighted by atomic mass is 16.5. The number of ether oxygens (including phenoxy) is 1. The van der Waals surface area contributed by atoms with E-state index in [1.165, 1.54) is 24.1 Å². The number of rotatable bonds is 0. The Kier molecular flexibility index (Phi) is 1.34. The highest BCUT2D eigenvalue weighted by Gasteiger charge is 2.31. The molecule has 0 spiro atoms. The molecular formula is C11H13NO. The molecule has 2 heteroatoms. The molecule has 2 aliphatic heterocycles. The Labute approximate surface area is 78.1 Å². The zero-order valence-electron chi connectivity index (χ0n) is 7.79. The van der Waals surface area contributed by atoms with E-state index >= 15 is 0 Å². The van der Waals surface area contributed by atoms with Gasteiger partial charge in [-0.15, -0.1) is 0 Å². The van der Waals surface area contributed by atoms with E-state index in [2.05, 4.69) is 30.0 Å². The van der Waals surface area contributed by atoms with Gasteiger partial charge in [-0.3, -0.25) is 0 Å². The number of hydrogen-bond acceptors (Lipinski definition) is 2. The number of hydrogen-bond donors (Lipinski definition) is 0. The second kappa shape index (κ2) is 2.41. The molecule has 2 heterocycles. The third-order valence-electron chi connectivity index (χ3n) is 2.95. The van der Waals surface area contributed by atoms with E-state index in [1.54, 1.807) is 0 Å². The molecule has 1 aromatic rings. The second-order valence-corrected chi connectivity index (χ2v) is 3.78. The molecule has 0 unspecified atom stereocenters. The molecule has 0 N–H and O–H groups in total. The van der Waals surface area contributed by atoms with E-state index in [-0.39, 0.29) is 6.23 Å². The molecule has 3 rings (SSSR count). The zero-order chi connectivity index (χ0) is 8.84. The molecule has 0 saturated carbocycles. The second-order valence-electron chi connectivity index (χ2n) is 3.78. The Morgan fingerprint density at radius 3 is 3.31 bits per heavy atom. The summed E-state index contributed by atoms with van der Waals surface area (Å²) in [7, 11) is 0. The standard InChI is InChI=1S/C11H13NO/c1-8-12-7-3-5-9-4-2-6-10(13-8)11(9)12/h2,4,6,8H,3,5,7H2,1H3/t8-/m0/s1. The van der Waals surface area contributed by atoms with E-state index in [9.17, 15) is 0 Å². The normalized spacial score (nSPS) is 24.1. The van der Waals surface area contributed by atoms with Crippen molar-refractivity contribution in [3.63, 3.8) is 0 Å². The van der Waals surface area contributed by atoms with Gasteiger partial charge >= 0.3 is 0 Å². The molecule has 0 aromatic heterocycles. The van der Waals surface area contributed by atoms with E-state index < -0.39 is 0 Å². The van der Waals surface area contributed by atoms with Gasteiger partial charge in [-0.05, 0) is 31.4 Å². The molecule has 0 aliphatic carbocycles. The SMILES string of the molecule is C[C@@H]1Oc2cccc3c2N1CCC3. The summed E-state index contributed by atoms with van der Waals surface area (Å²) in [6.07, 6.45) is 2.69. The fourth-order valence-corrected chi connectivity index (χ4v) is 2.35. The molecule has 0 bridgehead atoms. The Bertz CT molecular complexity index is 348. The zero-order valence-corrected chi connectivity index (χ0v) is 7.79. The average Bonchev–Trinajstić information content (AvgIpc) is 2.47. The van der Waals surface area contributed by atoms with E-state index in [0.29, 0.717) is 0 Å². The predicted octanol–water partition coefficient (Wildman–Crippen LogP) is 2.18. The largest absolute Gasteiger partial charge is 0.469 e. The van der Waals surface area contributed by atoms with Crippen LogP contribution in [0.25, 0.3) is 0 Å². The molecule has 68 valence electrons. The maximum atomic E-state index is 5.76. The van der Waals surface area contributed by atoms with Crippen LogP contribution in [0.15, 0.2) is 18.2 Å². The molecule has 0 fully saturated rings. The van der Waals surface area contributed by atoms with E-state index in [1.807, 2.05) is 0 Å². The van der Waals surface area contributed by atoms with Gasteiger partial charge in [0.05, 0.1) is 5.69 Å². The predicted molar refractivity (Wildman–Crippen MR) is 52.2 cm³/mol. The van der Waals surface area contributed by atoms with E-state index in [0.717, 1.165) is 12.3 Å². The number of aryl methyl sites for hydroxylation is 1. The number of anilines is 1. The molecule has 13 heavy (non-hydrogen) atoms. The Morgan fingerprint density at radius 1 is 1.46 bits per heavy atom. The van der Waals surface area contributed by atoms with Crippen molar-refractivity contribution in [1.82, 2.24) is 0 Å². The van der Waals surface area contributed by atoms with Crippen molar-refractivity contribution >= 4 is 5.69 Å². The molecule has 0 radical (unpaired) electrons. The number of nitrogens with zero attached hydrogens (tertiary/aromatic N) is 1. The van der Waals surface area contributed by atoms with Gasteiger partial charge in [0.1, 0.15) is 5.75 Å². The highest BCUT2D eigenvalue weighted by Crippen LogP contribution is 2.42. The minimum Gasteiger partial charge on any atom is -0.469 e. The first-order valence-corrected chi connectivity index (χ1v) is 4.91. The fourth-order valence-electron chi connectivity index (χ4n) is 2.35. The quantitative estimate of drug-likeness (QED) is 0.599. The van der Waals surface area contributed by atoms with Gasteiger partial charge in [0.2, 0.25) is 0 Å². The van der Waals surface area contributed by atoms with Crippen LogP contribution in [0, 0.1) is 0 Å². The van der Waals surface area contributed by atoms with Gasteiger partial charge in [-0.25, -0.2) is 0 Å². The van der Waals surface area contributed by atoms with Crippen LogP contribution in [0.1, 0.15) is 18.9 Å². The lowest BCUT2D eigenvalue weighted by molar-refractivity contribution is 0.244. The van der Waals surface area contributed by atoms with Gasteiger partial charge in [-0.2, -0.15) is 0 Å². The van der Waals surface area contributed by atoms with Crippen LogP contribution in [0.5, 0.6) is 5.75 Å². The molecule has 2 nitrogen and oxygen atoms in total. The van der Waals surface area contributed by atoms with Crippen LogP contribution in [0.3, 0.4) is 0 Å². The summed E-state index contributed by atoms with van der Waals surface area (Å²) in [5.41, 5.74) is 2.80.